The van der Waals surface area contributed by atoms with E-state index < -0.39 is 33.8 Å². The van der Waals surface area contributed by atoms with Crippen molar-refractivity contribution in [2.24, 2.45) is 0 Å². The van der Waals surface area contributed by atoms with Gasteiger partial charge in [0.15, 0.2) is 0 Å². The maximum absolute atomic E-state index is 10.7. The lowest BCUT2D eigenvalue weighted by Crippen LogP contribution is -2.07. The van der Waals surface area contributed by atoms with Crippen LogP contribution < -0.4 is 0 Å². The quantitative estimate of drug-likeness (QED) is 0.595. The van der Waals surface area contributed by atoms with E-state index in [2.05, 4.69) is 0 Å². The number of carbonyl (C=O) groups is 1. The number of nitrogens with zero attached hydrogens (tertiary/aromatic N) is 2. The Kier molecular flexibility index (Phi) is 4.27. The first-order valence-corrected chi connectivity index (χ1v) is 4.63. The molecule has 0 heterocycles. The van der Waals surface area contributed by atoms with Crippen molar-refractivity contribution >= 4 is 17.3 Å². The lowest BCUT2D eigenvalue weighted by molar-refractivity contribution is -0.394. The molecule has 0 atom stereocenters. The topological polar surface area (TPSA) is 133 Å². The minimum atomic E-state index is -1.21. The Hall–Kier alpha value is -2.55. The molecule has 0 aliphatic rings. The second kappa shape index (κ2) is 5.68. The summed E-state index contributed by atoms with van der Waals surface area (Å²) >= 11 is 0. The lowest BCUT2D eigenvalue weighted by atomic mass is 10.1. The molecule has 1 aromatic carbocycles. The van der Waals surface area contributed by atoms with Crippen LogP contribution in [0.5, 0.6) is 0 Å². The van der Waals surface area contributed by atoms with Gasteiger partial charge in [0, 0.05) is 6.07 Å². The predicted octanol–water partition coefficient (Wildman–Crippen LogP) is 1.10. The Morgan fingerprint density at radius 2 is 1.94 bits per heavy atom. The van der Waals surface area contributed by atoms with Crippen LogP contribution in [0.1, 0.15) is 5.56 Å². The van der Waals surface area contributed by atoms with E-state index in [0.717, 1.165) is 18.2 Å². The fourth-order valence-electron chi connectivity index (χ4n) is 1.21. The van der Waals surface area contributed by atoms with Crippen molar-refractivity contribution in [3.63, 3.8) is 0 Å². The van der Waals surface area contributed by atoms with Crippen molar-refractivity contribution < 1.29 is 24.5 Å². The Morgan fingerprint density at radius 1 is 1.28 bits per heavy atom. The average Bonchev–Trinajstić information content (AvgIpc) is 2.28. The Morgan fingerprint density at radius 3 is 2.44 bits per heavy atom. The molecular formula is C9H8N2O7. The molecule has 0 radical (unpaired) electrons. The second-order valence-electron chi connectivity index (χ2n) is 3.21. The molecule has 0 aliphatic heterocycles. The van der Waals surface area contributed by atoms with Crippen molar-refractivity contribution in [1.29, 1.82) is 0 Å². The van der Waals surface area contributed by atoms with Crippen LogP contribution >= 0.6 is 0 Å². The summed E-state index contributed by atoms with van der Waals surface area (Å²) in [6.45, 7) is -0.908. The minimum absolute atomic E-state index is 0.0758. The highest BCUT2D eigenvalue weighted by atomic mass is 16.6. The number of ether oxygens (including phenoxy) is 1. The molecule has 0 amide bonds. The van der Waals surface area contributed by atoms with Gasteiger partial charge in [-0.1, -0.05) is 0 Å². The molecule has 0 fully saturated rings. The molecule has 18 heavy (non-hydrogen) atoms. The minimum Gasteiger partial charge on any atom is -0.480 e. The van der Waals surface area contributed by atoms with Crippen LogP contribution in [-0.4, -0.2) is 27.5 Å². The molecule has 9 heteroatoms. The molecule has 0 aliphatic carbocycles. The molecule has 9 nitrogen and oxygen atoms in total. The highest BCUT2D eigenvalue weighted by Gasteiger charge is 2.19. The summed E-state index contributed by atoms with van der Waals surface area (Å²) in [5.74, 6) is -1.21. The lowest BCUT2D eigenvalue weighted by Gasteiger charge is -2.03. The number of hydrogen-bond donors (Lipinski definition) is 1. The van der Waals surface area contributed by atoms with Crippen molar-refractivity contribution in [3.05, 3.63) is 44.0 Å². The fraction of sp³-hybridized carbons (Fsp3) is 0.222. The van der Waals surface area contributed by atoms with Crippen LogP contribution in [0.15, 0.2) is 18.2 Å². The van der Waals surface area contributed by atoms with Crippen LogP contribution in [-0.2, 0) is 16.1 Å². The van der Waals surface area contributed by atoms with Gasteiger partial charge in [-0.25, -0.2) is 4.79 Å². The summed E-state index contributed by atoms with van der Waals surface area (Å²) in [6, 6.07) is 3.06. The molecule has 0 aromatic heterocycles. The fourth-order valence-corrected chi connectivity index (χ4v) is 1.21. The summed E-state index contributed by atoms with van der Waals surface area (Å²) in [5.41, 5.74) is -0.815. The average molecular weight is 256 g/mol. The van der Waals surface area contributed by atoms with Crippen molar-refractivity contribution in [1.82, 2.24) is 0 Å². The molecule has 0 unspecified atom stereocenters. The predicted molar refractivity (Wildman–Crippen MR) is 57.0 cm³/mol. The largest absolute Gasteiger partial charge is 0.480 e. The Bertz CT molecular complexity index is 500. The summed E-state index contributed by atoms with van der Waals surface area (Å²) in [6.07, 6.45) is 0. The number of carboxylic acids is 1. The Balaban J connectivity index is 2.93. The third kappa shape index (κ3) is 3.49. The van der Waals surface area contributed by atoms with Crippen LogP contribution in [0.4, 0.5) is 11.4 Å². The highest BCUT2D eigenvalue weighted by Crippen LogP contribution is 2.25. The van der Waals surface area contributed by atoms with E-state index in [1.165, 1.54) is 0 Å². The summed E-state index contributed by atoms with van der Waals surface area (Å²) < 4.78 is 4.70. The first-order chi connectivity index (χ1) is 8.41. The number of nitro benzene ring substituents is 2. The monoisotopic (exact) mass is 256 g/mol. The maximum Gasteiger partial charge on any atom is 0.329 e. The van der Waals surface area contributed by atoms with Gasteiger partial charge in [-0.05, 0) is 6.07 Å². The van der Waals surface area contributed by atoms with Crippen LogP contribution in [0, 0.1) is 20.2 Å². The van der Waals surface area contributed by atoms with E-state index in [9.17, 15) is 25.0 Å². The van der Waals surface area contributed by atoms with Gasteiger partial charge in [0.05, 0.1) is 28.1 Å². The van der Waals surface area contributed by atoms with Gasteiger partial charge in [-0.2, -0.15) is 0 Å². The number of benzene rings is 1. The van der Waals surface area contributed by atoms with Gasteiger partial charge >= 0.3 is 5.97 Å². The van der Waals surface area contributed by atoms with Crippen LogP contribution in [0.25, 0.3) is 0 Å². The first-order valence-electron chi connectivity index (χ1n) is 4.63. The molecule has 0 bridgehead atoms. The second-order valence-corrected chi connectivity index (χ2v) is 3.21. The normalized spacial score (nSPS) is 10.0. The van der Waals surface area contributed by atoms with Crippen molar-refractivity contribution in [2.45, 2.75) is 6.61 Å². The van der Waals surface area contributed by atoms with E-state index in [1.807, 2.05) is 0 Å². The molecule has 1 rings (SSSR count). The first kappa shape index (κ1) is 13.5. The molecule has 1 N–H and O–H groups in total. The summed E-state index contributed by atoms with van der Waals surface area (Å²) in [4.78, 5) is 29.8. The van der Waals surface area contributed by atoms with Gasteiger partial charge in [0.1, 0.15) is 6.61 Å². The van der Waals surface area contributed by atoms with Crippen LogP contribution in [0.3, 0.4) is 0 Å². The number of carboxylic acid groups (broad SMARTS) is 1. The van der Waals surface area contributed by atoms with Gasteiger partial charge < -0.3 is 9.84 Å². The zero-order valence-corrected chi connectivity index (χ0v) is 8.94. The third-order valence-electron chi connectivity index (χ3n) is 1.96. The molecular weight excluding hydrogens is 248 g/mol. The highest BCUT2D eigenvalue weighted by molar-refractivity contribution is 5.68. The van der Waals surface area contributed by atoms with Crippen molar-refractivity contribution in [2.75, 3.05) is 6.61 Å². The van der Waals surface area contributed by atoms with Gasteiger partial charge in [-0.15, -0.1) is 0 Å². The van der Waals surface area contributed by atoms with Gasteiger partial charge in [0.2, 0.25) is 0 Å². The van der Waals surface area contributed by atoms with Crippen LogP contribution in [0.2, 0.25) is 0 Å². The molecule has 96 valence electrons. The van der Waals surface area contributed by atoms with Gasteiger partial charge in [0.25, 0.3) is 11.4 Å². The Labute approximate surface area is 99.9 Å². The zero-order valence-electron chi connectivity index (χ0n) is 8.94. The SMILES string of the molecule is O=C(O)COCc1ccc([N+](=O)[O-])cc1[N+](=O)[O-]. The number of nitro groups is 2. The number of non-ortho nitro benzene ring substituents is 1. The standard InChI is InChI=1S/C9H8N2O7/c12-9(13)5-18-4-6-1-2-7(10(14)15)3-8(6)11(16)17/h1-3H,4-5H2,(H,12,13). The maximum atomic E-state index is 10.7. The van der Waals surface area contributed by atoms with E-state index in [4.69, 9.17) is 9.84 Å². The van der Waals surface area contributed by atoms with E-state index in [0.29, 0.717) is 0 Å². The molecule has 0 saturated heterocycles. The zero-order chi connectivity index (χ0) is 13.7. The summed E-state index contributed by atoms with van der Waals surface area (Å²) in [7, 11) is 0. The van der Waals surface area contributed by atoms with E-state index in [-0.39, 0.29) is 12.2 Å². The van der Waals surface area contributed by atoms with Crippen molar-refractivity contribution in [3.8, 4) is 0 Å². The van der Waals surface area contributed by atoms with E-state index in [1.54, 1.807) is 0 Å². The summed E-state index contributed by atoms with van der Waals surface area (Å²) in [5, 5.41) is 29.5. The smallest absolute Gasteiger partial charge is 0.329 e. The molecule has 0 spiro atoms. The molecule has 1 aromatic rings. The molecule has 0 saturated carbocycles. The van der Waals surface area contributed by atoms with Gasteiger partial charge in [-0.3, -0.25) is 20.2 Å². The number of aliphatic carboxylic acids is 1. The third-order valence-corrected chi connectivity index (χ3v) is 1.96. The van der Waals surface area contributed by atoms with E-state index >= 15 is 0 Å². The number of hydrogen-bond acceptors (Lipinski definition) is 6. The number of rotatable bonds is 6.